The van der Waals surface area contributed by atoms with Crippen molar-refractivity contribution in [3.63, 3.8) is 0 Å². The van der Waals surface area contributed by atoms with Gasteiger partial charge in [-0.1, -0.05) is 6.58 Å². The van der Waals surface area contributed by atoms with Crippen LogP contribution in [0, 0.1) is 5.92 Å². The van der Waals surface area contributed by atoms with Gasteiger partial charge in [0, 0.05) is 18.5 Å². The molecule has 2 unspecified atom stereocenters. The van der Waals surface area contributed by atoms with Crippen molar-refractivity contribution in [1.82, 2.24) is 5.32 Å². The smallest absolute Gasteiger partial charge is 0.330 e. The molecule has 0 saturated carbocycles. The molecule has 1 aliphatic heterocycles. The molecule has 0 aromatic carbocycles. The summed E-state index contributed by atoms with van der Waals surface area (Å²) >= 11 is 0. The number of ether oxygens (including phenoxy) is 1. The van der Waals surface area contributed by atoms with Crippen LogP contribution in [-0.2, 0) is 9.53 Å². The Balaban J connectivity index is 2.32. The number of carbonyl (C=O) groups is 1. The van der Waals surface area contributed by atoms with E-state index in [9.17, 15) is 4.79 Å². The zero-order chi connectivity index (χ0) is 9.68. The van der Waals surface area contributed by atoms with Crippen LogP contribution in [-0.4, -0.2) is 25.2 Å². The van der Waals surface area contributed by atoms with Crippen LogP contribution in [0.25, 0.3) is 0 Å². The predicted molar refractivity (Wildman–Crippen MR) is 51.3 cm³/mol. The van der Waals surface area contributed by atoms with Gasteiger partial charge in [-0.05, 0) is 26.3 Å². The highest BCUT2D eigenvalue weighted by Crippen LogP contribution is 2.16. The third kappa shape index (κ3) is 3.19. The first-order chi connectivity index (χ1) is 6.24. The summed E-state index contributed by atoms with van der Waals surface area (Å²) in [7, 11) is 0. The first-order valence-corrected chi connectivity index (χ1v) is 4.78. The van der Waals surface area contributed by atoms with Crippen LogP contribution in [0.1, 0.15) is 19.8 Å². The highest BCUT2D eigenvalue weighted by atomic mass is 16.5. The van der Waals surface area contributed by atoms with Crippen molar-refractivity contribution >= 4 is 5.97 Å². The Morgan fingerprint density at radius 3 is 3.08 bits per heavy atom. The first kappa shape index (κ1) is 10.3. The van der Waals surface area contributed by atoms with Crippen molar-refractivity contribution in [1.29, 1.82) is 0 Å². The molecule has 0 aromatic rings. The molecule has 1 aliphatic rings. The molecule has 74 valence electrons. The summed E-state index contributed by atoms with van der Waals surface area (Å²) in [6.45, 7) is 7.34. The number of carbonyl (C=O) groups excluding carboxylic acids is 1. The standard InChI is InChI=1S/C10H17NO2/c1-3-10(12)13-8(2)9-5-4-6-11-7-9/h3,8-9,11H,1,4-7H2,2H3. The van der Waals surface area contributed by atoms with E-state index in [1.54, 1.807) is 0 Å². The molecule has 0 aromatic heterocycles. The van der Waals surface area contributed by atoms with Crippen LogP contribution in [0.2, 0.25) is 0 Å². The van der Waals surface area contributed by atoms with Crippen LogP contribution < -0.4 is 5.32 Å². The molecule has 0 amide bonds. The van der Waals surface area contributed by atoms with Gasteiger partial charge in [0.25, 0.3) is 0 Å². The van der Waals surface area contributed by atoms with E-state index < -0.39 is 0 Å². The zero-order valence-corrected chi connectivity index (χ0v) is 8.08. The second-order valence-corrected chi connectivity index (χ2v) is 3.45. The molecule has 13 heavy (non-hydrogen) atoms. The lowest BCUT2D eigenvalue weighted by Crippen LogP contribution is -2.37. The van der Waals surface area contributed by atoms with Crippen LogP contribution in [0.15, 0.2) is 12.7 Å². The molecule has 1 rings (SSSR count). The van der Waals surface area contributed by atoms with Gasteiger partial charge >= 0.3 is 5.97 Å². The lowest BCUT2D eigenvalue weighted by atomic mass is 9.95. The van der Waals surface area contributed by atoms with Crippen molar-refractivity contribution in [3.05, 3.63) is 12.7 Å². The predicted octanol–water partition coefficient (Wildman–Crippen LogP) is 1.10. The second kappa shape index (κ2) is 5.02. The third-order valence-electron chi connectivity index (χ3n) is 2.47. The number of hydrogen-bond donors (Lipinski definition) is 1. The van der Waals surface area contributed by atoms with Gasteiger partial charge in [0.2, 0.25) is 0 Å². The topological polar surface area (TPSA) is 38.3 Å². The van der Waals surface area contributed by atoms with Crippen LogP contribution >= 0.6 is 0 Å². The summed E-state index contributed by atoms with van der Waals surface area (Å²) in [4.78, 5) is 10.9. The molecule has 1 saturated heterocycles. The Bertz CT molecular complexity index is 185. The Labute approximate surface area is 79.2 Å². The normalized spacial score (nSPS) is 24.8. The average Bonchev–Trinajstić information content (AvgIpc) is 2.19. The molecule has 2 atom stereocenters. The maximum Gasteiger partial charge on any atom is 0.330 e. The van der Waals surface area contributed by atoms with Crippen molar-refractivity contribution < 1.29 is 9.53 Å². The van der Waals surface area contributed by atoms with E-state index in [4.69, 9.17) is 4.74 Å². The first-order valence-electron chi connectivity index (χ1n) is 4.78. The second-order valence-electron chi connectivity index (χ2n) is 3.45. The van der Waals surface area contributed by atoms with E-state index in [2.05, 4.69) is 11.9 Å². The molecular formula is C10H17NO2. The Kier molecular flexibility index (Phi) is 3.96. The fourth-order valence-electron chi connectivity index (χ4n) is 1.61. The molecule has 1 N–H and O–H groups in total. The van der Waals surface area contributed by atoms with E-state index in [0.29, 0.717) is 5.92 Å². The summed E-state index contributed by atoms with van der Waals surface area (Å²) in [5, 5.41) is 3.29. The van der Waals surface area contributed by atoms with Crippen molar-refractivity contribution in [2.45, 2.75) is 25.9 Å². The van der Waals surface area contributed by atoms with E-state index in [0.717, 1.165) is 19.5 Å². The lowest BCUT2D eigenvalue weighted by molar-refractivity contribution is -0.144. The SMILES string of the molecule is C=CC(=O)OC(C)C1CCCNC1. The van der Waals surface area contributed by atoms with Gasteiger partial charge in [-0.2, -0.15) is 0 Å². The van der Waals surface area contributed by atoms with Crippen molar-refractivity contribution in [3.8, 4) is 0 Å². The molecular weight excluding hydrogens is 166 g/mol. The minimum atomic E-state index is -0.321. The van der Waals surface area contributed by atoms with Gasteiger partial charge in [0.1, 0.15) is 6.10 Å². The molecule has 0 radical (unpaired) electrons. The largest absolute Gasteiger partial charge is 0.459 e. The minimum absolute atomic E-state index is 0.00157. The van der Waals surface area contributed by atoms with Gasteiger partial charge < -0.3 is 10.1 Å². The van der Waals surface area contributed by atoms with Crippen LogP contribution in [0.5, 0.6) is 0 Å². The van der Waals surface area contributed by atoms with Gasteiger partial charge in [0.15, 0.2) is 0 Å². The number of hydrogen-bond acceptors (Lipinski definition) is 3. The summed E-state index contributed by atoms with van der Waals surface area (Å²) < 4.78 is 5.14. The maximum absolute atomic E-state index is 10.9. The lowest BCUT2D eigenvalue weighted by Gasteiger charge is -2.27. The minimum Gasteiger partial charge on any atom is -0.459 e. The Hall–Kier alpha value is -0.830. The average molecular weight is 183 g/mol. The summed E-state index contributed by atoms with van der Waals surface area (Å²) in [5.74, 6) is 0.135. The third-order valence-corrected chi connectivity index (χ3v) is 2.47. The summed E-state index contributed by atoms with van der Waals surface area (Å²) in [6.07, 6.45) is 3.52. The van der Waals surface area contributed by atoms with Gasteiger partial charge in [-0.3, -0.25) is 0 Å². The van der Waals surface area contributed by atoms with Gasteiger partial charge in [0.05, 0.1) is 0 Å². The number of rotatable bonds is 3. The molecule has 0 bridgehead atoms. The van der Waals surface area contributed by atoms with Crippen molar-refractivity contribution in [2.75, 3.05) is 13.1 Å². The highest BCUT2D eigenvalue weighted by Gasteiger charge is 2.21. The van der Waals surface area contributed by atoms with Gasteiger partial charge in [-0.25, -0.2) is 4.79 Å². The fraction of sp³-hybridized carbons (Fsp3) is 0.700. The van der Waals surface area contributed by atoms with Crippen LogP contribution in [0.3, 0.4) is 0 Å². The molecule has 0 spiro atoms. The monoisotopic (exact) mass is 183 g/mol. The summed E-state index contributed by atoms with van der Waals surface area (Å²) in [6, 6.07) is 0. The zero-order valence-electron chi connectivity index (χ0n) is 8.08. The van der Waals surface area contributed by atoms with E-state index >= 15 is 0 Å². The maximum atomic E-state index is 10.9. The molecule has 3 heteroatoms. The summed E-state index contributed by atoms with van der Waals surface area (Å²) in [5.41, 5.74) is 0. The highest BCUT2D eigenvalue weighted by molar-refractivity contribution is 5.81. The fourth-order valence-corrected chi connectivity index (χ4v) is 1.61. The van der Waals surface area contributed by atoms with Gasteiger partial charge in [-0.15, -0.1) is 0 Å². The van der Waals surface area contributed by atoms with Crippen LogP contribution in [0.4, 0.5) is 0 Å². The quantitative estimate of drug-likeness (QED) is 0.526. The molecule has 0 aliphatic carbocycles. The number of nitrogens with one attached hydrogen (secondary N) is 1. The number of esters is 1. The molecule has 1 fully saturated rings. The van der Waals surface area contributed by atoms with E-state index in [1.165, 1.54) is 12.5 Å². The van der Waals surface area contributed by atoms with E-state index in [1.807, 2.05) is 6.92 Å². The molecule has 3 nitrogen and oxygen atoms in total. The number of piperidine rings is 1. The molecule has 1 heterocycles. The van der Waals surface area contributed by atoms with Crippen molar-refractivity contribution in [2.24, 2.45) is 5.92 Å². The Morgan fingerprint density at radius 1 is 1.77 bits per heavy atom. The Morgan fingerprint density at radius 2 is 2.54 bits per heavy atom. The van der Waals surface area contributed by atoms with E-state index in [-0.39, 0.29) is 12.1 Å².